The average Bonchev–Trinajstić information content (AvgIpc) is 2.76. The quantitative estimate of drug-likeness (QED) is 0.805. The lowest BCUT2D eigenvalue weighted by molar-refractivity contribution is 0.843. The molecule has 0 saturated carbocycles. The Balaban J connectivity index is 2.34. The summed E-state index contributed by atoms with van der Waals surface area (Å²) in [4.78, 5) is 1.30. The molecule has 1 aliphatic carbocycles. The first-order valence-electron chi connectivity index (χ1n) is 4.89. The Morgan fingerprint density at radius 1 is 1.27 bits per heavy atom. The maximum atomic E-state index is 6.24. The van der Waals surface area contributed by atoms with E-state index in [0.717, 1.165) is 5.02 Å². The Bertz CT molecular complexity index is 518. The fourth-order valence-corrected chi connectivity index (χ4v) is 3.66. The van der Waals surface area contributed by atoms with E-state index in [0.29, 0.717) is 12.5 Å². The Morgan fingerprint density at radius 2 is 2.13 bits per heavy atom. The number of hydrogen-bond acceptors (Lipinski definition) is 2. The minimum absolute atomic E-state index is 0.333. The number of hydrogen-bond donors (Lipinski definition) is 1. The van der Waals surface area contributed by atoms with Crippen LogP contribution in [0.5, 0.6) is 0 Å². The van der Waals surface area contributed by atoms with Gasteiger partial charge in [0, 0.05) is 27.9 Å². The molecule has 3 rings (SSSR count). The lowest BCUT2D eigenvalue weighted by Crippen LogP contribution is -2.10. The van der Waals surface area contributed by atoms with Gasteiger partial charge in [0.1, 0.15) is 0 Å². The summed E-state index contributed by atoms with van der Waals surface area (Å²) in [6.07, 6.45) is 0. The number of halogens is 1. The van der Waals surface area contributed by atoms with Crippen LogP contribution in [0.3, 0.4) is 0 Å². The van der Waals surface area contributed by atoms with Gasteiger partial charge in [-0.2, -0.15) is 0 Å². The van der Waals surface area contributed by atoms with Crippen LogP contribution in [0.4, 0.5) is 0 Å². The summed E-state index contributed by atoms with van der Waals surface area (Å²) in [5, 5.41) is 2.95. The van der Waals surface area contributed by atoms with Gasteiger partial charge in [0.15, 0.2) is 0 Å². The molecular formula is C12H10ClNS. The second-order valence-corrected chi connectivity index (χ2v) is 5.02. The third-order valence-corrected chi connectivity index (χ3v) is 4.22. The first-order valence-corrected chi connectivity index (χ1v) is 6.15. The zero-order chi connectivity index (χ0) is 10.4. The van der Waals surface area contributed by atoms with Crippen LogP contribution < -0.4 is 5.73 Å². The van der Waals surface area contributed by atoms with Crippen molar-refractivity contribution in [2.75, 3.05) is 6.54 Å². The van der Waals surface area contributed by atoms with E-state index in [-0.39, 0.29) is 0 Å². The van der Waals surface area contributed by atoms with E-state index < -0.39 is 0 Å². The zero-order valence-electron chi connectivity index (χ0n) is 8.03. The first kappa shape index (κ1) is 9.40. The lowest BCUT2D eigenvalue weighted by atomic mass is 9.98. The van der Waals surface area contributed by atoms with E-state index in [1.807, 2.05) is 12.1 Å². The van der Waals surface area contributed by atoms with Gasteiger partial charge in [0.05, 0.1) is 0 Å². The van der Waals surface area contributed by atoms with Gasteiger partial charge in [0.2, 0.25) is 0 Å². The molecule has 0 amide bonds. The van der Waals surface area contributed by atoms with Crippen molar-refractivity contribution in [3.63, 3.8) is 0 Å². The van der Waals surface area contributed by atoms with E-state index in [2.05, 4.69) is 17.5 Å². The lowest BCUT2D eigenvalue weighted by Gasteiger charge is -2.09. The average molecular weight is 236 g/mol. The molecule has 1 unspecified atom stereocenters. The van der Waals surface area contributed by atoms with Crippen molar-refractivity contribution in [2.45, 2.75) is 5.92 Å². The summed E-state index contributed by atoms with van der Waals surface area (Å²) in [5.74, 6) is 0.333. The van der Waals surface area contributed by atoms with Crippen LogP contribution >= 0.6 is 22.9 Å². The molecule has 0 bridgehead atoms. The second-order valence-electron chi connectivity index (χ2n) is 3.70. The van der Waals surface area contributed by atoms with Gasteiger partial charge < -0.3 is 5.73 Å². The molecule has 0 fully saturated rings. The molecule has 0 spiro atoms. The standard InChI is InChI=1S/C12H10ClNS/c13-10-3-1-2-7-9(6-14)8-4-5-15-12(8)11(7)10/h1-5,9H,6,14H2. The minimum atomic E-state index is 0.333. The van der Waals surface area contributed by atoms with Crippen LogP contribution in [0.2, 0.25) is 5.02 Å². The minimum Gasteiger partial charge on any atom is -0.330 e. The summed E-state index contributed by atoms with van der Waals surface area (Å²) in [7, 11) is 0. The van der Waals surface area contributed by atoms with Crippen LogP contribution in [0.15, 0.2) is 29.6 Å². The maximum absolute atomic E-state index is 6.24. The Labute approximate surface area is 97.5 Å². The van der Waals surface area contributed by atoms with E-state index >= 15 is 0 Å². The van der Waals surface area contributed by atoms with Gasteiger partial charge in [0.25, 0.3) is 0 Å². The van der Waals surface area contributed by atoms with Crippen molar-refractivity contribution in [2.24, 2.45) is 5.73 Å². The summed E-state index contributed by atoms with van der Waals surface area (Å²) >= 11 is 7.99. The van der Waals surface area contributed by atoms with Gasteiger partial charge >= 0.3 is 0 Å². The summed E-state index contributed by atoms with van der Waals surface area (Å²) in [5.41, 5.74) is 9.65. The van der Waals surface area contributed by atoms with Crippen LogP contribution in [-0.2, 0) is 0 Å². The Morgan fingerprint density at radius 3 is 2.93 bits per heavy atom. The number of nitrogens with two attached hydrogens (primary N) is 1. The molecule has 76 valence electrons. The molecular weight excluding hydrogens is 226 g/mol. The van der Waals surface area contributed by atoms with Gasteiger partial charge in [-0.25, -0.2) is 0 Å². The van der Waals surface area contributed by atoms with Crippen LogP contribution in [0.25, 0.3) is 10.4 Å². The van der Waals surface area contributed by atoms with Gasteiger partial charge in [-0.1, -0.05) is 23.7 Å². The fraction of sp³-hybridized carbons (Fsp3) is 0.167. The van der Waals surface area contributed by atoms with Crippen molar-refractivity contribution in [1.82, 2.24) is 0 Å². The molecule has 1 atom stereocenters. The van der Waals surface area contributed by atoms with Crippen molar-refractivity contribution in [3.05, 3.63) is 45.8 Å². The highest BCUT2D eigenvalue weighted by molar-refractivity contribution is 7.14. The highest BCUT2D eigenvalue weighted by Gasteiger charge is 2.29. The molecule has 2 aromatic rings. The number of thiophene rings is 1. The number of fused-ring (bicyclic) bond motifs is 3. The molecule has 1 heterocycles. The Kier molecular flexibility index (Phi) is 2.09. The van der Waals surface area contributed by atoms with Crippen LogP contribution in [0.1, 0.15) is 17.0 Å². The fourth-order valence-electron chi connectivity index (χ4n) is 2.29. The predicted molar refractivity (Wildman–Crippen MR) is 65.7 cm³/mol. The molecule has 15 heavy (non-hydrogen) atoms. The molecule has 1 aromatic carbocycles. The highest BCUT2D eigenvalue weighted by Crippen LogP contribution is 2.49. The predicted octanol–water partition coefficient (Wildman–Crippen LogP) is 3.47. The highest BCUT2D eigenvalue weighted by atomic mass is 35.5. The molecule has 1 aliphatic rings. The van der Waals surface area contributed by atoms with E-state index in [4.69, 9.17) is 17.3 Å². The molecule has 1 nitrogen and oxygen atoms in total. The van der Waals surface area contributed by atoms with Gasteiger partial charge in [-0.05, 0) is 28.6 Å². The van der Waals surface area contributed by atoms with Crippen LogP contribution in [0, 0.1) is 0 Å². The van der Waals surface area contributed by atoms with Crippen molar-refractivity contribution < 1.29 is 0 Å². The van der Waals surface area contributed by atoms with Crippen molar-refractivity contribution in [3.8, 4) is 10.4 Å². The molecule has 3 heteroatoms. The molecule has 0 aliphatic heterocycles. The maximum Gasteiger partial charge on any atom is 0.0495 e. The molecule has 1 aromatic heterocycles. The van der Waals surface area contributed by atoms with E-state index in [9.17, 15) is 0 Å². The van der Waals surface area contributed by atoms with Crippen LogP contribution in [-0.4, -0.2) is 6.54 Å². The molecule has 0 saturated heterocycles. The Hall–Kier alpha value is -0.830. The third-order valence-electron chi connectivity index (χ3n) is 2.96. The summed E-state index contributed by atoms with van der Waals surface area (Å²) < 4.78 is 0. The van der Waals surface area contributed by atoms with Crippen molar-refractivity contribution >= 4 is 22.9 Å². The zero-order valence-corrected chi connectivity index (χ0v) is 9.61. The monoisotopic (exact) mass is 235 g/mol. The smallest absolute Gasteiger partial charge is 0.0495 e. The largest absolute Gasteiger partial charge is 0.330 e. The summed E-state index contributed by atoms with van der Waals surface area (Å²) in [6.45, 7) is 0.650. The van der Waals surface area contributed by atoms with E-state index in [1.165, 1.54) is 21.6 Å². The van der Waals surface area contributed by atoms with E-state index in [1.54, 1.807) is 11.3 Å². The third kappa shape index (κ3) is 1.19. The SMILES string of the molecule is NCC1c2ccsc2-c2c(Cl)cccc21. The number of rotatable bonds is 1. The topological polar surface area (TPSA) is 26.0 Å². The van der Waals surface area contributed by atoms with Gasteiger partial charge in [-0.3, -0.25) is 0 Å². The normalized spacial score (nSPS) is 17.6. The molecule has 2 N–H and O–H groups in total. The summed E-state index contributed by atoms with van der Waals surface area (Å²) in [6, 6.07) is 8.24. The molecule has 0 radical (unpaired) electrons. The van der Waals surface area contributed by atoms with Crippen molar-refractivity contribution in [1.29, 1.82) is 0 Å². The first-order chi connectivity index (χ1) is 7.33. The number of benzene rings is 1. The second kappa shape index (κ2) is 3.34. The van der Waals surface area contributed by atoms with Gasteiger partial charge in [-0.15, -0.1) is 11.3 Å².